The highest BCUT2D eigenvalue weighted by Crippen LogP contribution is 2.54. The third-order valence-corrected chi connectivity index (χ3v) is 8.36. The van der Waals surface area contributed by atoms with Crippen LogP contribution in [0.2, 0.25) is 0 Å². The number of ether oxygens (including phenoxy) is 1. The summed E-state index contributed by atoms with van der Waals surface area (Å²) < 4.78 is 6.99. The molecule has 1 amide bonds. The van der Waals surface area contributed by atoms with Gasteiger partial charge in [-0.05, 0) is 92.2 Å². The number of pyridine rings is 1. The smallest absolute Gasteiger partial charge is 0.251 e. The third-order valence-electron chi connectivity index (χ3n) is 8.05. The number of alkyl halides is 1. The number of hydrogen-bond donors (Lipinski definition) is 1. The fraction of sp³-hybridized carbons (Fsp3) is 0.467. The fourth-order valence-electron chi connectivity index (χ4n) is 6.95. The molecule has 2 atom stereocenters. The molecule has 0 aliphatic heterocycles. The van der Waals surface area contributed by atoms with Gasteiger partial charge in [-0.2, -0.15) is 0 Å². The van der Waals surface area contributed by atoms with Crippen molar-refractivity contribution < 1.29 is 9.53 Å². The second kappa shape index (κ2) is 9.59. The van der Waals surface area contributed by atoms with Crippen LogP contribution in [0.4, 0.5) is 5.69 Å². The second-order valence-electron chi connectivity index (χ2n) is 11.6. The molecule has 0 radical (unpaired) electrons. The van der Waals surface area contributed by atoms with E-state index in [9.17, 15) is 9.59 Å². The van der Waals surface area contributed by atoms with E-state index in [0.29, 0.717) is 24.8 Å². The monoisotopic (exact) mass is 506 g/mol. The molecule has 5 rings (SSSR count). The minimum absolute atomic E-state index is 0.00783. The number of carbonyl (C=O) groups excluding carboxylic acids is 1. The van der Waals surface area contributed by atoms with Crippen LogP contribution in [0.15, 0.2) is 59.4 Å². The second-order valence-corrected chi connectivity index (χ2v) is 12.5. The van der Waals surface area contributed by atoms with Gasteiger partial charge in [-0.1, -0.05) is 25.1 Å². The molecule has 36 heavy (non-hydrogen) atoms. The van der Waals surface area contributed by atoms with Crippen molar-refractivity contribution in [2.75, 3.05) is 12.4 Å². The summed E-state index contributed by atoms with van der Waals surface area (Å²) in [5.74, 6) is 2.01. The Morgan fingerprint density at radius 3 is 2.39 bits per heavy atom. The molecule has 2 unspecified atom stereocenters. The lowest BCUT2D eigenvalue weighted by Gasteiger charge is -2.49. The van der Waals surface area contributed by atoms with Gasteiger partial charge in [0.05, 0.1) is 24.9 Å². The Morgan fingerprint density at radius 1 is 1.03 bits per heavy atom. The number of benzene rings is 2. The maximum Gasteiger partial charge on any atom is 0.251 e. The summed E-state index contributed by atoms with van der Waals surface area (Å²) in [6.45, 7) is 4.87. The summed E-state index contributed by atoms with van der Waals surface area (Å²) in [5.41, 5.74) is 2.47. The molecule has 190 valence electrons. The van der Waals surface area contributed by atoms with Crippen LogP contribution in [0.3, 0.4) is 0 Å². The number of nitrogens with one attached hydrogen (secondary N) is 1. The summed E-state index contributed by atoms with van der Waals surface area (Å²) in [4.78, 5) is 25.9. The lowest BCUT2D eigenvalue weighted by atomic mass is 9.58. The fourth-order valence-corrected chi connectivity index (χ4v) is 7.39. The van der Waals surface area contributed by atoms with Crippen LogP contribution < -0.4 is 15.6 Å². The highest BCUT2D eigenvalue weighted by atomic mass is 35.5. The molecule has 1 heterocycles. The van der Waals surface area contributed by atoms with Gasteiger partial charge in [0.15, 0.2) is 0 Å². The van der Waals surface area contributed by atoms with Crippen LogP contribution in [0.25, 0.3) is 10.9 Å². The van der Waals surface area contributed by atoms with Gasteiger partial charge in [0.2, 0.25) is 5.91 Å². The van der Waals surface area contributed by atoms with Crippen LogP contribution in [0.5, 0.6) is 5.75 Å². The zero-order chi connectivity index (χ0) is 25.5. The van der Waals surface area contributed by atoms with E-state index < -0.39 is 0 Å². The van der Waals surface area contributed by atoms with E-state index in [1.807, 2.05) is 48.5 Å². The molecule has 1 N–H and O–H groups in total. The van der Waals surface area contributed by atoms with Crippen molar-refractivity contribution >= 4 is 34.1 Å². The summed E-state index contributed by atoms with van der Waals surface area (Å²) >= 11 is 6.72. The van der Waals surface area contributed by atoms with Gasteiger partial charge in [0.1, 0.15) is 5.75 Å². The predicted octanol–water partition coefficient (Wildman–Crippen LogP) is 6.60. The molecule has 2 aliphatic carbocycles. The number of anilines is 1. The third kappa shape index (κ3) is 5.31. The van der Waals surface area contributed by atoms with Gasteiger partial charge in [0.25, 0.3) is 5.56 Å². The lowest BCUT2D eigenvalue weighted by Crippen LogP contribution is -2.42. The zero-order valence-electron chi connectivity index (χ0n) is 21.4. The average Bonchev–Trinajstić information content (AvgIpc) is 2.79. The molecule has 1 aromatic heterocycles. The highest BCUT2D eigenvalue weighted by Gasteiger charge is 2.45. The molecule has 2 bridgehead atoms. The van der Waals surface area contributed by atoms with Crippen LogP contribution in [-0.2, 0) is 11.3 Å². The first-order chi connectivity index (χ1) is 17.1. The minimum atomic E-state index is -0.0955. The number of halogens is 1. The van der Waals surface area contributed by atoms with E-state index >= 15 is 0 Å². The van der Waals surface area contributed by atoms with Gasteiger partial charge in [-0.15, -0.1) is 11.6 Å². The van der Waals surface area contributed by atoms with E-state index in [2.05, 4.69) is 19.2 Å². The predicted molar refractivity (Wildman–Crippen MR) is 146 cm³/mol. The largest absolute Gasteiger partial charge is 0.497 e. The maximum atomic E-state index is 13.3. The van der Waals surface area contributed by atoms with Crippen molar-refractivity contribution in [1.29, 1.82) is 0 Å². The Bertz CT molecular complexity index is 1310. The molecule has 2 aromatic carbocycles. The number of aromatic nitrogens is 1. The van der Waals surface area contributed by atoms with Crippen molar-refractivity contribution in [3.8, 4) is 5.75 Å². The molecule has 5 nitrogen and oxygen atoms in total. The average molecular weight is 507 g/mol. The van der Waals surface area contributed by atoms with Gasteiger partial charge in [0, 0.05) is 22.7 Å². The lowest BCUT2D eigenvalue weighted by molar-refractivity contribution is -0.119. The molecule has 2 aliphatic rings. The first kappa shape index (κ1) is 24.9. The topological polar surface area (TPSA) is 60.3 Å². The van der Waals surface area contributed by atoms with Gasteiger partial charge in [-0.25, -0.2) is 0 Å². The molecule has 2 saturated carbocycles. The first-order valence-electron chi connectivity index (χ1n) is 12.9. The molecule has 6 heteroatoms. The molecule has 0 saturated heterocycles. The standard InChI is InChI=1S/C30H35ClN2O3/c1-29(14-21-13-22(15-29)17-30(2,31)16-21)18-27(34)32-25-5-4-6-26-24(25)11-12-28(35)33(26)19-20-7-9-23(36-3)10-8-20/h4-12,21-22H,13-19H2,1-3H3,(H,32,34). The number of methoxy groups -OCH3 is 1. The number of carbonyl (C=O) groups is 1. The molecule has 2 fully saturated rings. The van der Waals surface area contributed by atoms with Crippen molar-refractivity contribution in [1.82, 2.24) is 4.57 Å². The number of nitrogens with zero attached hydrogens (tertiary/aromatic N) is 1. The van der Waals surface area contributed by atoms with Crippen LogP contribution in [-0.4, -0.2) is 22.5 Å². The number of fused-ring (bicyclic) bond motifs is 3. The summed E-state index contributed by atoms with van der Waals surface area (Å²) in [6, 6.07) is 16.8. The SMILES string of the molecule is COc1ccc(Cn2c(=O)ccc3c(NC(=O)CC4(C)CC5CC(CC(C)(Cl)C5)C4)cccc32)cc1. The van der Waals surface area contributed by atoms with E-state index in [4.69, 9.17) is 16.3 Å². The Kier molecular flexibility index (Phi) is 6.63. The minimum Gasteiger partial charge on any atom is -0.497 e. The normalized spacial score (nSPS) is 27.6. The van der Waals surface area contributed by atoms with Gasteiger partial charge >= 0.3 is 0 Å². The molecular weight excluding hydrogens is 472 g/mol. The zero-order valence-corrected chi connectivity index (χ0v) is 22.1. The van der Waals surface area contributed by atoms with Crippen molar-refractivity contribution in [2.24, 2.45) is 17.3 Å². The molecule has 0 spiro atoms. The van der Waals surface area contributed by atoms with Crippen molar-refractivity contribution in [3.05, 3.63) is 70.5 Å². The first-order valence-corrected chi connectivity index (χ1v) is 13.3. The number of amides is 1. The van der Waals surface area contributed by atoms with E-state index in [0.717, 1.165) is 53.6 Å². The van der Waals surface area contributed by atoms with Crippen molar-refractivity contribution in [3.63, 3.8) is 0 Å². The van der Waals surface area contributed by atoms with Crippen LogP contribution in [0, 0.1) is 17.3 Å². The summed E-state index contributed by atoms with van der Waals surface area (Å²) in [6.07, 6.45) is 5.93. The summed E-state index contributed by atoms with van der Waals surface area (Å²) in [7, 11) is 1.63. The van der Waals surface area contributed by atoms with Gasteiger partial charge < -0.3 is 14.6 Å². The summed E-state index contributed by atoms with van der Waals surface area (Å²) in [5, 5.41) is 4.03. The Balaban J connectivity index is 1.35. The Morgan fingerprint density at radius 2 is 1.72 bits per heavy atom. The van der Waals surface area contributed by atoms with Crippen molar-refractivity contribution in [2.45, 2.75) is 63.8 Å². The van der Waals surface area contributed by atoms with E-state index in [1.165, 1.54) is 6.42 Å². The Labute approximate surface area is 217 Å². The number of hydrogen-bond acceptors (Lipinski definition) is 3. The highest BCUT2D eigenvalue weighted by molar-refractivity contribution is 6.23. The van der Waals surface area contributed by atoms with E-state index in [1.54, 1.807) is 17.7 Å². The number of rotatable bonds is 6. The Hall–Kier alpha value is -2.79. The van der Waals surface area contributed by atoms with Crippen LogP contribution in [0.1, 0.15) is 57.9 Å². The quantitative estimate of drug-likeness (QED) is 0.383. The molecular formula is C30H35ClN2O3. The molecule has 3 aromatic rings. The van der Waals surface area contributed by atoms with Gasteiger partial charge in [-0.3, -0.25) is 9.59 Å². The van der Waals surface area contributed by atoms with E-state index in [-0.39, 0.29) is 21.8 Å². The van der Waals surface area contributed by atoms with Crippen LogP contribution >= 0.6 is 11.6 Å². The maximum absolute atomic E-state index is 13.3.